The quantitative estimate of drug-likeness (QED) is 0.864. The van der Waals surface area contributed by atoms with E-state index < -0.39 is 10.0 Å². The fourth-order valence-corrected chi connectivity index (χ4v) is 3.42. The van der Waals surface area contributed by atoms with Gasteiger partial charge in [-0.25, -0.2) is 13.1 Å². The summed E-state index contributed by atoms with van der Waals surface area (Å²) in [6.07, 6.45) is 0. The molecule has 0 aliphatic rings. The first-order valence-electron chi connectivity index (χ1n) is 6.84. The number of halogens is 1. The lowest BCUT2D eigenvalue weighted by molar-refractivity contribution is 0.354. The molecule has 0 saturated carbocycles. The van der Waals surface area contributed by atoms with E-state index in [1.54, 1.807) is 12.1 Å². The molecule has 0 saturated heterocycles. The summed E-state index contributed by atoms with van der Waals surface area (Å²) in [6, 6.07) is 9.86. The standard InChI is InChI=1S/C16H18ClNO4S/c1-11-5-4-6-14(17)13(11)10-18-23(19,20)12-7-8-15(21-2)16(9-12)22-3/h4-9,18H,10H2,1-3H3. The van der Waals surface area contributed by atoms with E-state index in [0.717, 1.165) is 11.1 Å². The van der Waals surface area contributed by atoms with Crippen molar-refractivity contribution in [3.05, 3.63) is 52.5 Å². The fraction of sp³-hybridized carbons (Fsp3) is 0.250. The highest BCUT2D eigenvalue weighted by Crippen LogP contribution is 2.29. The summed E-state index contributed by atoms with van der Waals surface area (Å²) in [5.74, 6) is 0.817. The van der Waals surface area contributed by atoms with E-state index in [9.17, 15) is 8.42 Å². The van der Waals surface area contributed by atoms with Gasteiger partial charge < -0.3 is 9.47 Å². The zero-order chi connectivity index (χ0) is 17.0. The zero-order valence-corrected chi connectivity index (χ0v) is 14.7. The molecule has 0 heterocycles. The molecule has 2 rings (SSSR count). The number of rotatable bonds is 6. The van der Waals surface area contributed by atoms with Crippen LogP contribution >= 0.6 is 11.6 Å². The van der Waals surface area contributed by atoms with Crippen molar-refractivity contribution in [3.8, 4) is 11.5 Å². The predicted molar refractivity (Wildman–Crippen MR) is 89.8 cm³/mol. The van der Waals surface area contributed by atoms with Gasteiger partial charge in [0.2, 0.25) is 10.0 Å². The second-order valence-corrected chi connectivity index (χ2v) is 7.05. The summed E-state index contributed by atoms with van der Waals surface area (Å²) in [5.41, 5.74) is 1.67. The molecule has 0 spiro atoms. The van der Waals surface area contributed by atoms with Crippen molar-refractivity contribution < 1.29 is 17.9 Å². The van der Waals surface area contributed by atoms with Gasteiger partial charge in [-0.15, -0.1) is 0 Å². The number of sulfonamides is 1. The van der Waals surface area contributed by atoms with E-state index >= 15 is 0 Å². The number of hydrogen-bond acceptors (Lipinski definition) is 4. The van der Waals surface area contributed by atoms with Gasteiger partial charge in [-0.3, -0.25) is 0 Å². The Morgan fingerprint density at radius 1 is 1.09 bits per heavy atom. The van der Waals surface area contributed by atoms with Crippen LogP contribution in [-0.2, 0) is 16.6 Å². The van der Waals surface area contributed by atoms with E-state index in [0.29, 0.717) is 16.5 Å². The van der Waals surface area contributed by atoms with Crippen LogP contribution in [-0.4, -0.2) is 22.6 Å². The van der Waals surface area contributed by atoms with Crippen molar-refractivity contribution in [2.24, 2.45) is 0 Å². The SMILES string of the molecule is COc1ccc(S(=O)(=O)NCc2c(C)cccc2Cl)cc1OC. The summed E-state index contributed by atoms with van der Waals surface area (Å²) in [5, 5.41) is 0.528. The zero-order valence-electron chi connectivity index (χ0n) is 13.1. The Kier molecular flexibility index (Phi) is 5.51. The number of aryl methyl sites for hydroxylation is 1. The van der Waals surface area contributed by atoms with E-state index in [1.165, 1.54) is 26.4 Å². The van der Waals surface area contributed by atoms with Crippen LogP contribution in [0.4, 0.5) is 0 Å². The summed E-state index contributed by atoms with van der Waals surface area (Å²) in [6.45, 7) is 1.99. The third-order valence-corrected chi connectivity index (χ3v) is 5.21. The molecular formula is C16H18ClNO4S. The van der Waals surface area contributed by atoms with Gasteiger partial charge in [0, 0.05) is 17.6 Å². The molecule has 1 N–H and O–H groups in total. The second kappa shape index (κ2) is 7.21. The van der Waals surface area contributed by atoms with E-state index in [-0.39, 0.29) is 11.4 Å². The minimum Gasteiger partial charge on any atom is -0.493 e. The van der Waals surface area contributed by atoms with Crippen LogP contribution in [0.25, 0.3) is 0 Å². The van der Waals surface area contributed by atoms with Gasteiger partial charge in [-0.05, 0) is 36.2 Å². The summed E-state index contributed by atoms with van der Waals surface area (Å²) >= 11 is 6.12. The summed E-state index contributed by atoms with van der Waals surface area (Å²) < 4.78 is 37.7. The number of methoxy groups -OCH3 is 2. The van der Waals surface area contributed by atoms with E-state index in [2.05, 4.69) is 4.72 Å². The number of ether oxygens (including phenoxy) is 2. The van der Waals surface area contributed by atoms with Crippen LogP contribution < -0.4 is 14.2 Å². The van der Waals surface area contributed by atoms with Gasteiger partial charge in [0.1, 0.15) is 0 Å². The molecule has 0 bridgehead atoms. The molecule has 124 valence electrons. The van der Waals surface area contributed by atoms with Crippen LogP contribution in [0.15, 0.2) is 41.3 Å². The highest BCUT2D eigenvalue weighted by atomic mass is 35.5. The maximum atomic E-state index is 12.4. The van der Waals surface area contributed by atoms with Crippen molar-refractivity contribution in [3.63, 3.8) is 0 Å². The van der Waals surface area contributed by atoms with Gasteiger partial charge in [0.25, 0.3) is 0 Å². The van der Waals surface area contributed by atoms with Gasteiger partial charge in [0.15, 0.2) is 11.5 Å². The molecule has 0 aliphatic heterocycles. The first-order chi connectivity index (χ1) is 10.9. The number of hydrogen-bond donors (Lipinski definition) is 1. The maximum Gasteiger partial charge on any atom is 0.241 e. The third kappa shape index (κ3) is 3.96. The van der Waals surface area contributed by atoms with Gasteiger partial charge in [-0.2, -0.15) is 0 Å². The Balaban J connectivity index is 2.26. The minimum atomic E-state index is -3.69. The molecule has 0 aliphatic carbocycles. The lowest BCUT2D eigenvalue weighted by atomic mass is 10.1. The predicted octanol–water partition coefficient (Wildman–Crippen LogP) is 3.14. The smallest absolute Gasteiger partial charge is 0.241 e. The highest BCUT2D eigenvalue weighted by molar-refractivity contribution is 7.89. The van der Waals surface area contributed by atoms with Gasteiger partial charge in [-0.1, -0.05) is 23.7 Å². The monoisotopic (exact) mass is 355 g/mol. The largest absolute Gasteiger partial charge is 0.493 e. The number of nitrogens with one attached hydrogen (secondary N) is 1. The topological polar surface area (TPSA) is 64.6 Å². The summed E-state index contributed by atoms with van der Waals surface area (Å²) in [4.78, 5) is 0.0971. The van der Waals surface area contributed by atoms with Gasteiger partial charge in [0.05, 0.1) is 19.1 Å². The van der Waals surface area contributed by atoms with Crippen LogP contribution in [0.2, 0.25) is 5.02 Å². The van der Waals surface area contributed by atoms with Crippen LogP contribution in [0.1, 0.15) is 11.1 Å². The Morgan fingerprint density at radius 2 is 1.78 bits per heavy atom. The summed E-state index contributed by atoms with van der Waals surface area (Å²) in [7, 11) is -0.750. The van der Waals surface area contributed by atoms with Crippen LogP contribution in [0, 0.1) is 6.92 Å². The van der Waals surface area contributed by atoms with E-state index in [1.807, 2.05) is 19.1 Å². The molecule has 0 atom stereocenters. The molecule has 2 aromatic carbocycles. The van der Waals surface area contributed by atoms with Crippen LogP contribution in [0.5, 0.6) is 11.5 Å². The van der Waals surface area contributed by atoms with Crippen molar-refractivity contribution in [1.82, 2.24) is 4.72 Å². The van der Waals surface area contributed by atoms with Crippen molar-refractivity contribution >= 4 is 21.6 Å². The Bertz CT molecular complexity index is 785. The molecule has 0 amide bonds. The Morgan fingerprint density at radius 3 is 2.39 bits per heavy atom. The molecule has 7 heteroatoms. The number of benzene rings is 2. The highest BCUT2D eigenvalue weighted by Gasteiger charge is 2.17. The third-order valence-electron chi connectivity index (χ3n) is 3.46. The van der Waals surface area contributed by atoms with Gasteiger partial charge >= 0.3 is 0 Å². The normalized spacial score (nSPS) is 11.3. The van der Waals surface area contributed by atoms with Crippen molar-refractivity contribution in [2.75, 3.05) is 14.2 Å². The fourth-order valence-electron chi connectivity index (χ4n) is 2.12. The van der Waals surface area contributed by atoms with Crippen LogP contribution in [0.3, 0.4) is 0 Å². The first-order valence-corrected chi connectivity index (χ1v) is 8.71. The molecule has 0 unspecified atom stereocenters. The molecule has 0 radical (unpaired) electrons. The lowest BCUT2D eigenvalue weighted by Crippen LogP contribution is -2.23. The lowest BCUT2D eigenvalue weighted by Gasteiger charge is -2.12. The average molecular weight is 356 g/mol. The Labute approximate surface area is 141 Å². The molecule has 5 nitrogen and oxygen atoms in total. The maximum absolute atomic E-state index is 12.4. The van der Waals surface area contributed by atoms with Crippen molar-refractivity contribution in [1.29, 1.82) is 0 Å². The molecule has 23 heavy (non-hydrogen) atoms. The minimum absolute atomic E-state index is 0.0971. The first kappa shape index (κ1) is 17.6. The second-order valence-electron chi connectivity index (χ2n) is 4.88. The van der Waals surface area contributed by atoms with Crippen molar-refractivity contribution in [2.45, 2.75) is 18.4 Å². The molecule has 2 aromatic rings. The Hall–Kier alpha value is -1.76. The molecule has 0 fully saturated rings. The average Bonchev–Trinajstić information content (AvgIpc) is 2.53. The molecule has 0 aromatic heterocycles. The van der Waals surface area contributed by atoms with E-state index in [4.69, 9.17) is 21.1 Å². The molecular weight excluding hydrogens is 338 g/mol.